The molecular formula is C13H30N2O. The van der Waals surface area contributed by atoms with Gasteiger partial charge >= 0.3 is 0 Å². The van der Waals surface area contributed by atoms with Gasteiger partial charge in [0.25, 0.3) is 0 Å². The predicted molar refractivity (Wildman–Crippen MR) is 72.7 cm³/mol. The van der Waals surface area contributed by atoms with Gasteiger partial charge in [0.05, 0.1) is 6.10 Å². The Morgan fingerprint density at radius 1 is 1.25 bits per heavy atom. The lowest BCUT2D eigenvalue weighted by Crippen LogP contribution is -2.29. The first-order chi connectivity index (χ1) is 7.85. The van der Waals surface area contributed by atoms with Gasteiger partial charge < -0.3 is 15.8 Å². The summed E-state index contributed by atoms with van der Waals surface area (Å²) in [6, 6.07) is 0. The van der Waals surface area contributed by atoms with Crippen molar-refractivity contribution in [3.05, 3.63) is 13.2 Å². The molecule has 0 aliphatic rings. The Kier molecular flexibility index (Phi) is 19.2. The molecule has 0 radical (unpaired) electrons. The van der Waals surface area contributed by atoms with E-state index in [9.17, 15) is 0 Å². The summed E-state index contributed by atoms with van der Waals surface area (Å²) in [7, 11) is 0. The Bertz CT molecular complexity index is 121. The first-order valence-corrected chi connectivity index (χ1v) is 6.37. The van der Waals surface area contributed by atoms with E-state index in [1.807, 2.05) is 0 Å². The van der Waals surface area contributed by atoms with Crippen molar-refractivity contribution in [1.29, 1.82) is 0 Å². The minimum absolute atomic E-state index is 0.382. The first-order valence-electron chi connectivity index (χ1n) is 6.37. The third-order valence-corrected chi connectivity index (χ3v) is 2.19. The maximum absolute atomic E-state index is 5.66. The van der Waals surface area contributed by atoms with E-state index in [-0.39, 0.29) is 0 Å². The highest BCUT2D eigenvalue weighted by Gasteiger charge is 2.04. The summed E-state index contributed by atoms with van der Waals surface area (Å²) in [4.78, 5) is 0. The van der Waals surface area contributed by atoms with Crippen LogP contribution in [0.25, 0.3) is 0 Å². The summed E-state index contributed by atoms with van der Waals surface area (Å²) in [5.74, 6) is 0. The zero-order valence-corrected chi connectivity index (χ0v) is 11.1. The van der Waals surface area contributed by atoms with Crippen LogP contribution in [-0.2, 0) is 4.74 Å². The molecule has 0 bridgehead atoms. The van der Waals surface area contributed by atoms with E-state index in [4.69, 9.17) is 10.5 Å². The number of nitrogens with two attached hydrogens (primary N) is 1. The summed E-state index contributed by atoms with van der Waals surface area (Å²) in [6.07, 6.45) is 4.85. The second-order valence-corrected chi connectivity index (χ2v) is 3.60. The Morgan fingerprint density at radius 3 is 2.44 bits per heavy atom. The van der Waals surface area contributed by atoms with E-state index in [0.717, 1.165) is 45.5 Å². The lowest BCUT2D eigenvalue weighted by molar-refractivity contribution is 0.0513. The molecule has 0 aromatic carbocycles. The monoisotopic (exact) mass is 230 g/mol. The smallest absolute Gasteiger partial charge is 0.0696 e. The zero-order valence-electron chi connectivity index (χ0n) is 11.1. The SMILES string of the molecule is C=C.CCCO[C@@H](CC)CNCCCCN. The largest absolute Gasteiger partial charge is 0.377 e. The zero-order chi connectivity index (χ0) is 12.6. The third kappa shape index (κ3) is 13.6. The maximum Gasteiger partial charge on any atom is 0.0696 e. The van der Waals surface area contributed by atoms with Gasteiger partial charge in [0.2, 0.25) is 0 Å². The molecule has 16 heavy (non-hydrogen) atoms. The number of rotatable bonds is 10. The van der Waals surface area contributed by atoms with Gasteiger partial charge in [0, 0.05) is 13.2 Å². The van der Waals surface area contributed by atoms with Crippen molar-refractivity contribution in [2.24, 2.45) is 5.73 Å². The molecule has 0 heterocycles. The molecule has 0 aliphatic carbocycles. The molecule has 0 saturated heterocycles. The van der Waals surface area contributed by atoms with Crippen LogP contribution in [0.5, 0.6) is 0 Å². The minimum atomic E-state index is 0.382. The van der Waals surface area contributed by atoms with Gasteiger partial charge in [-0.05, 0) is 38.8 Å². The van der Waals surface area contributed by atoms with Gasteiger partial charge in [-0.25, -0.2) is 0 Å². The van der Waals surface area contributed by atoms with Crippen molar-refractivity contribution >= 4 is 0 Å². The lowest BCUT2D eigenvalue weighted by Gasteiger charge is -2.16. The molecule has 0 fully saturated rings. The number of hydrogen-bond acceptors (Lipinski definition) is 3. The van der Waals surface area contributed by atoms with Gasteiger partial charge in [-0.3, -0.25) is 0 Å². The van der Waals surface area contributed by atoms with Crippen LogP contribution in [0.2, 0.25) is 0 Å². The molecule has 0 aromatic heterocycles. The van der Waals surface area contributed by atoms with Crippen molar-refractivity contribution in [3.63, 3.8) is 0 Å². The molecule has 3 N–H and O–H groups in total. The van der Waals surface area contributed by atoms with Crippen LogP contribution in [0.15, 0.2) is 13.2 Å². The molecule has 3 heteroatoms. The fourth-order valence-electron chi connectivity index (χ4n) is 1.26. The first kappa shape index (κ1) is 18.0. The van der Waals surface area contributed by atoms with Crippen molar-refractivity contribution in [1.82, 2.24) is 5.32 Å². The minimum Gasteiger partial charge on any atom is -0.377 e. The topological polar surface area (TPSA) is 47.3 Å². The molecule has 0 spiro atoms. The van der Waals surface area contributed by atoms with Crippen LogP contribution in [0.3, 0.4) is 0 Å². The van der Waals surface area contributed by atoms with Crippen LogP contribution in [0.4, 0.5) is 0 Å². The number of hydrogen-bond donors (Lipinski definition) is 2. The molecule has 0 saturated carbocycles. The molecule has 0 amide bonds. The highest BCUT2D eigenvalue weighted by Crippen LogP contribution is 1.97. The second-order valence-electron chi connectivity index (χ2n) is 3.60. The van der Waals surface area contributed by atoms with Crippen LogP contribution in [0, 0.1) is 0 Å². The Balaban J connectivity index is 0. The Labute approximate surface area is 101 Å². The molecule has 0 aliphatic heterocycles. The Morgan fingerprint density at radius 2 is 1.94 bits per heavy atom. The van der Waals surface area contributed by atoms with E-state index in [2.05, 4.69) is 32.3 Å². The molecule has 3 nitrogen and oxygen atoms in total. The van der Waals surface area contributed by atoms with Crippen LogP contribution < -0.4 is 11.1 Å². The predicted octanol–water partition coefficient (Wildman–Crippen LogP) is 2.32. The van der Waals surface area contributed by atoms with Crippen molar-refractivity contribution in [2.75, 3.05) is 26.2 Å². The van der Waals surface area contributed by atoms with E-state index in [0.29, 0.717) is 6.10 Å². The highest BCUT2D eigenvalue weighted by atomic mass is 16.5. The molecule has 1 atom stereocenters. The normalized spacial score (nSPS) is 11.7. The summed E-state index contributed by atoms with van der Waals surface area (Å²) in [5, 5.41) is 3.40. The van der Waals surface area contributed by atoms with Crippen molar-refractivity contribution in [2.45, 2.75) is 45.6 Å². The van der Waals surface area contributed by atoms with E-state index >= 15 is 0 Å². The Hall–Kier alpha value is -0.380. The van der Waals surface area contributed by atoms with Gasteiger partial charge in [0.1, 0.15) is 0 Å². The van der Waals surface area contributed by atoms with Crippen LogP contribution in [0.1, 0.15) is 39.5 Å². The third-order valence-electron chi connectivity index (χ3n) is 2.19. The molecule has 98 valence electrons. The van der Waals surface area contributed by atoms with Gasteiger partial charge in [-0.2, -0.15) is 0 Å². The summed E-state index contributed by atoms with van der Waals surface area (Å²) < 4.78 is 5.66. The quantitative estimate of drug-likeness (QED) is 0.447. The second kappa shape index (κ2) is 17.0. The van der Waals surface area contributed by atoms with Crippen molar-refractivity contribution < 1.29 is 4.74 Å². The highest BCUT2D eigenvalue weighted by molar-refractivity contribution is 4.59. The van der Waals surface area contributed by atoms with Crippen LogP contribution in [-0.4, -0.2) is 32.3 Å². The van der Waals surface area contributed by atoms with E-state index in [1.165, 1.54) is 6.42 Å². The van der Waals surface area contributed by atoms with Crippen LogP contribution >= 0.6 is 0 Å². The standard InChI is InChI=1S/C11H26N2O.C2H4/c1-3-9-14-11(4-2)10-13-8-6-5-7-12;1-2/h11,13H,3-10,12H2,1-2H3;1-2H2/t11-;/m0./s1. The number of ether oxygens (including phenoxy) is 1. The number of unbranched alkanes of at least 4 members (excludes halogenated alkanes) is 1. The van der Waals surface area contributed by atoms with E-state index < -0.39 is 0 Å². The summed E-state index contributed by atoms with van der Waals surface area (Å²) in [5.41, 5.74) is 5.41. The molecule has 0 aromatic rings. The number of nitrogens with one attached hydrogen (secondary N) is 1. The average molecular weight is 230 g/mol. The van der Waals surface area contributed by atoms with Gasteiger partial charge in [-0.15, -0.1) is 13.2 Å². The fourth-order valence-corrected chi connectivity index (χ4v) is 1.26. The molecular weight excluding hydrogens is 200 g/mol. The fraction of sp³-hybridized carbons (Fsp3) is 0.846. The van der Waals surface area contributed by atoms with E-state index in [1.54, 1.807) is 0 Å². The molecule has 0 rings (SSSR count). The van der Waals surface area contributed by atoms with Gasteiger partial charge in [-0.1, -0.05) is 13.8 Å². The lowest BCUT2D eigenvalue weighted by atomic mass is 10.2. The summed E-state index contributed by atoms with van der Waals surface area (Å²) in [6.45, 7) is 14.0. The van der Waals surface area contributed by atoms with Crippen molar-refractivity contribution in [3.8, 4) is 0 Å². The summed E-state index contributed by atoms with van der Waals surface area (Å²) >= 11 is 0. The molecule has 0 unspecified atom stereocenters. The maximum atomic E-state index is 5.66. The average Bonchev–Trinajstić information content (AvgIpc) is 2.35. The van der Waals surface area contributed by atoms with Gasteiger partial charge in [0.15, 0.2) is 0 Å².